The molecule has 0 bridgehead atoms. The maximum absolute atomic E-state index is 13.2. The molecule has 0 atom stereocenters. The number of para-hydroxylation sites is 1. The lowest BCUT2D eigenvalue weighted by atomic mass is 9.95. The Labute approximate surface area is 164 Å². The van der Waals surface area contributed by atoms with E-state index in [1.54, 1.807) is 0 Å². The molecule has 1 aromatic carbocycles. The van der Waals surface area contributed by atoms with Crippen molar-refractivity contribution in [3.8, 4) is 0 Å². The Morgan fingerprint density at radius 1 is 1.22 bits per heavy atom. The Bertz CT molecular complexity index is 839. The molecular formula is C21H29N3O2S. The number of thioether (sulfide) groups is 1. The van der Waals surface area contributed by atoms with Crippen molar-refractivity contribution in [1.29, 1.82) is 0 Å². The number of rotatable bonds is 7. The number of fused-ring (bicyclic) bond motifs is 1. The van der Waals surface area contributed by atoms with Gasteiger partial charge in [0.15, 0.2) is 5.16 Å². The number of nitrogens with zero attached hydrogens (tertiary/aromatic N) is 2. The molecule has 2 aromatic rings. The van der Waals surface area contributed by atoms with E-state index in [2.05, 4.69) is 19.2 Å². The lowest BCUT2D eigenvalue weighted by molar-refractivity contribution is -0.119. The molecule has 1 amide bonds. The van der Waals surface area contributed by atoms with E-state index >= 15 is 0 Å². The molecule has 1 heterocycles. The number of amides is 1. The number of hydrogen-bond donors (Lipinski definition) is 1. The van der Waals surface area contributed by atoms with Crippen molar-refractivity contribution in [2.75, 3.05) is 5.75 Å². The van der Waals surface area contributed by atoms with Crippen LogP contribution >= 0.6 is 11.8 Å². The van der Waals surface area contributed by atoms with Gasteiger partial charge in [0.2, 0.25) is 5.91 Å². The molecule has 146 valence electrons. The first-order valence-electron chi connectivity index (χ1n) is 10.1. The fourth-order valence-corrected chi connectivity index (χ4v) is 4.66. The predicted octanol–water partition coefficient (Wildman–Crippen LogP) is 4.30. The highest BCUT2D eigenvalue weighted by atomic mass is 32.2. The van der Waals surface area contributed by atoms with Crippen LogP contribution in [-0.4, -0.2) is 27.3 Å². The smallest absolute Gasteiger partial charge is 0.262 e. The van der Waals surface area contributed by atoms with Crippen LogP contribution in [0, 0.1) is 0 Å². The number of nitrogens with one attached hydrogen (secondary N) is 1. The lowest BCUT2D eigenvalue weighted by Gasteiger charge is -2.26. The number of hydrogen-bond acceptors (Lipinski definition) is 4. The minimum absolute atomic E-state index is 0.00583. The van der Waals surface area contributed by atoms with Gasteiger partial charge in [0.05, 0.1) is 16.7 Å². The Balaban J connectivity index is 1.88. The van der Waals surface area contributed by atoms with Crippen LogP contribution in [0.15, 0.2) is 34.2 Å². The molecule has 1 aliphatic carbocycles. The highest BCUT2D eigenvalue weighted by Gasteiger charge is 2.22. The normalized spacial score (nSPS) is 15.4. The van der Waals surface area contributed by atoms with Gasteiger partial charge in [-0.15, -0.1) is 0 Å². The molecule has 0 aliphatic heterocycles. The van der Waals surface area contributed by atoms with E-state index in [1.165, 1.54) is 18.2 Å². The van der Waals surface area contributed by atoms with Crippen LogP contribution < -0.4 is 10.9 Å². The molecule has 0 unspecified atom stereocenters. The molecule has 1 N–H and O–H groups in total. The van der Waals surface area contributed by atoms with E-state index < -0.39 is 0 Å². The summed E-state index contributed by atoms with van der Waals surface area (Å²) in [5.74, 6) is 0.292. The summed E-state index contributed by atoms with van der Waals surface area (Å²) in [6.45, 7) is 4.15. The third-order valence-electron chi connectivity index (χ3n) is 5.40. The van der Waals surface area contributed by atoms with Gasteiger partial charge in [-0.25, -0.2) is 4.98 Å². The second-order valence-corrected chi connectivity index (χ2v) is 8.19. The van der Waals surface area contributed by atoms with Crippen molar-refractivity contribution in [2.24, 2.45) is 0 Å². The van der Waals surface area contributed by atoms with Crippen molar-refractivity contribution in [2.45, 2.75) is 76.0 Å². The van der Waals surface area contributed by atoms with Crippen LogP contribution in [0.2, 0.25) is 0 Å². The highest BCUT2D eigenvalue weighted by molar-refractivity contribution is 7.99. The summed E-state index contributed by atoms with van der Waals surface area (Å²) in [4.78, 5) is 30.3. The zero-order valence-electron chi connectivity index (χ0n) is 16.2. The minimum Gasteiger partial charge on any atom is -0.353 e. The van der Waals surface area contributed by atoms with Gasteiger partial charge in [0.1, 0.15) is 0 Å². The van der Waals surface area contributed by atoms with Crippen molar-refractivity contribution in [3.63, 3.8) is 0 Å². The number of benzene rings is 1. The number of carbonyl (C=O) groups excluding carboxylic acids is 1. The third-order valence-corrected chi connectivity index (χ3v) is 6.35. The number of aromatic nitrogens is 2. The van der Waals surface area contributed by atoms with Crippen LogP contribution in [0.4, 0.5) is 0 Å². The standard InChI is InChI=1S/C21H29N3O2S/c1-3-15(4-2)22-19(25)14-27-21-23-18-13-9-8-12-17(18)20(26)24(21)16-10-6-5-7-11-16/h8-9,12-13,15-16H,3-7,10-11,14H2,1-2H3,(H,22,25). The third kappa shape index (κ3) is 4.72. The van der Waals surface area contributed by atoms with Crippen molar-refractivity contribution < 1.29 is 4.79 Å². The SMILES string of the molecule is CCC(CC)NC(=O)CSc1nc2ccccc2c(=O)n1C1CCCCC1. The van der Waals surface area contributed by atoms with Gasteiger partial charge >= 0.3 is 0 Å². The van der Waals surface area contributed by atoms with Crippen molar-refractivity contribution in [1.82, 2.24) is 14.9 Å². The van der Waals surface area contributed by atoms with Crippen LogP contribution in [0.1, 0.15) is 64.8 Å². The Morgan fingerprint density at radius 3 is 2.63 bits per heavy atom. The van der Waals surface area contributed by atoms with E-state index in [1.807, 2.05) is 28.8 Å². The second kappa shape index (κ2) is 9.40. The van der Waals surface area contributed by atoms with E-state index in [0.717, 1.165) is 38.5 Å². The molecule has 6 heteroatoms. The molecule has 5 nitrogen and oxygen atoms in total. The quantitative estimate of drug-likeness (QED) is 0.568. The molecule has 0 saturated heterocycles. The fourth-order valence-electron chi connectivity index (χ4n) is 3.78. The average Bonchev–Trinajstić information content (AvgIpc) is 2.71. The largest absolute Gasteiger partial charge is 0.353 e. The van der Waals surface area contributed by atoms with E-state index in [-0.39, 0.29) is 29.3 Å². The van der Waals surface area contributed by atoms with E-state index in [9.17, 15) is 9.59 Å². The zero-order valence-corrected chi connectivity index (χ0v) is 17.1. The van der Waals surface area contributed by atoms with Crippen molar-refractivity contribution in [3.05, 3.63) is 34.6 Å². The summed E-state index contributed by atoms with van der Waals surface area (Å²) in [7, 11) is 0. The maximum Gasteiger partial charge on any atom is 0.262 e. The van der Waals surface area contributed by atoms with E-state index in [0.29, 0.717) is 16.1 Å². The molecule has 1 aromatic heterocycles. The minimum atomic E-state index is 0.00583. The van der Waals surface area contributed by atoms with Gasteiger partial charge in [-0.1, -0.05) is 57.0 Å². The van der Waals surface area contributed by atoms with Crippen LogP contribution in [0.5, 0.6) is 0 Å². The monoisotopic (exact) mass is 387 g/mol. The van der Waals surface area contributed by atoms with Gasteiger partial charge in [-0.3, -0.25) is 14.2 Å². The molecule has 27 heavy (non-hydrogen) atoms. The Hall–Kier alpha value is -1.82. The highest BCUT2D eigenvalue weighted by Crippen LogP contribution is 2.31. The van der Waals surface area contributed by atoms with Crippen LogP contribution in [0.3, 0.4) is 0 Å². The topological polar surface area (TPSA) is 64.0 Å². The first kappa shape index (κ1) is 19.9. The molecule has 0 radical (unpaired) electrons. The summed E-state index contributed by atoms with van der Waals surface area (Å²) < 4.78 is 1.86. The molecule has 1 fully saturated rings. The van der Waals surface area contributed by atoms with E-state index in [4.69, 9.17) is 4.98 Å². The Kier molecular flexibility index (Phi) is 6.94. The molecule has 1 saturated carbocycles. The zero-order chi connectivity index (χ0) is 19.2. The Morgan fingerprint density at radius 2 is 1.93 bits per heavy atom. The molecule has 0 spiro atoms. The predicted molar refractivity (Wildman–Crippen MR) is 111 cm³/mol. The first-order valence-corrected chi connectivity index (χ1v) is 11.1. The summed E-state index contributed by atoms with van der Waals surface area (Å²) >= 11 is 1.38. The summed E-state index contributed by atoms with van der Waals surface area (Å²) in [6.07, 6.45) is 7.38. The van der Waals surface area contributed by atoms with Gasteiger partial charge in [0.25, 0.3) is 5.56 Å². The van der Waals surface area contributed by atoms with Crippen molar-refractivity contribution >= 4 is 28.6 Å². The number of carbonyl (C=O) groups is 1. The van der Waals surface area contributed by atoms with Gasteiger partial charge in [0, 0.05) is 12.1 Å². The molecule has 1 aliphatic rings. The molecule has 3 rings (SSSR count). The lowest BCUT2D eigenvalue weighted by Crippen LogP contribution is -2.35. The summed E-state index contributed by atoms with van der Waals surface area (Å²) in [5.41, 5.74) is 0.730. The summed E-state index contributed by atoms with van der Waals surface area (Å²) in [6, 6.07) is 7.89. The van der Waals surface area contributed by atoms with Crippen LogP contribution in [0.25, 0.3) is 10.9 Å². The van der Waals surface area contributed by atoms with Gasteiger partial charge in [-0.05, 0) is 37.8 Å². The van der Waals surface area contributed by atoms with Gasteiger partial charge < -0.3 is 5.32 Å². The average molecular weight is 388 g/mol. The van der Waals surface area contributed by atoms with Gasteiger partial charge in [-0.2, -0.15) is 0 Å². The fraction of sp³-hybridized carbons (Fsp3) is 0.571. The summed E-state index contributed by atoms with van der Waals surface area (Å²) in [5, 5.41) is 4.40. The molecular weight excluding hydrogens is 358 g/mol. The second-order valence-electron chi connectivity index (χ2n) is 7.25. The first-order chi connectivity index (χ1) is 13.1. The van der Waals surface area contributed by atoms with Crippen LogP contribution in [-0.2, 0) is 4.79 Å². The maximum atomic E-state index is 13.2.